The highest BCUT2D eigenvalue weighted by molar-refractivity contribution is 5.29. The van der Waals surface area contributed by atoms with Crippen molar-refractivity contribution in [3.63, 3.8) is 0 Å². The van der Waals surface area contributed by atoms with Crippen molar-refractivity contribution in [2.24, 2.45) is 0 Å². The van der Waals surface area contributed by atoms with Crippen molar-refractivity contribution in [2.75, 3.05) is 7.11 Å². The Balaban J connectivity index is 2.13. The SMILES string of the molecule is COc1ccc(C(O)Cc2cc(C)cc(C)c2)nn1. The van der Waals surface area contributed by atoms with Gasteiger partial charge in [-0.05, 0) is 25.5 Å². The Morgan fingerprint density at radius 1 is 1.11 bits per heavy atom. The second-order valence-corrected chi connectivity index (χ2v) is 4.72. The van der Waals surface area contributed by atoms with Crippen LogP contribution in [0.25, 0.3) is 0 Å². The molecule has 1 heterocycles. The average molecular weight is 258 g/mol. The maximum absolute atomic E-state index is 10.2. The number of benzene rings is 1. The number of aromatic nitrogens is 2. The lowest BCUT2D eigenvalue weighted by molar-refractivity contribution is 0.172. The lowest BCUT2D eigenvalue weighted by Crippen LogP contribution is -2.06. The van der Waals surface area contributed by atoms with Crippen molar-refractivity contribution in [1.29, 1.82) is 0 Å². The molecule has 1 aromatic heterocycles. The fourth-order valence-corrected chi connectivity index (χ4v) is 2.13. The highest BCUT2D eigenvalue weighted by Gasteiger charge is 2.11. The van der Waals surface area contributed by atoms with Crippen molar-refractivity contribution in [3.8, 4) is 5.88 Å². The first-order valence-electron chi connectivity index (χ1n) is 6.21. The molecular formula is C15H18N2O2. The van der Waals surface area contributed by atoms with E-state index in [-0.39, 0.29) is 0 Å². The molecule has 4 heteroatoms. The fraction of sp³-hybridized carbons (Fsp3) is 0.333. The van der Waals surface area contributed by atoms with Crippen molar-refractivity contribution >= 4 is 0 Å². The summed E-state index contributed by atoms with van der Waals surface area (Å²) < 4.78 is 4.94. The Morgan fingerprint density at radius 3 is 2.32 bits per heavy atom. The first-order chi connectivity index (χ1) is 9.08. The van der Waals surface area contributed by atoms with E-state index in [4.69, 9.17) is 4.74 Å². The highest BCUT2D eigenvalue weighted by Crippen LogP contribution is 2.19. The first kappa shape index (κ1) is 13.5. The highest BCUT2D eigenvalue weighted by atomic mass is 16.5. The standard InChI is InChI=1S/C15H18N2O2/c1-10-6-11(2)8-12(7-10)9-14(18)13-4-5-15(19-3)17-16-13/h4-8,14,18H,9H2,1-3H3. The topological polar surface area (TPSA) is 55.2 Å². The molecule has 19 heavy (non-hydrogen) atoms. The number of hydrogen-bond donors (Lipinski definition) is 1. The van der Waals surface area contributed by atoms with Gasteiger partial charge in [0.15, 0.2) is 0 Å². The Labute approximate surface area is 113 Å². The molecule has 4 nitrogen and oxygen atoms in total. The van der Waals surface area contributed by atoms with Gasteiger partial charge in [-0.2, -0.15) is 0 Å². The van der Waals surface area contributed by atoms with Crippen LogP contribution < -0.4 is 4.74 Å². The van der Waals surface area contributed by atoms with Gasteiger partial charge in [0.25, 0.3) is 0 Å². The van der Waals surface area contributed by atoms with E-state index >= 15 is 0 Å². The van der Waals surface area contributed by atoms with E-state index in [0.29, 0.717) is 18.0 Å². The van der Waals surface area contributed by atoms with Gasteiger partial charge in [0, 0.05) is 12.5 Å². The van der Waals surface area contributed by atoms with Gasteiger partial charge >= 0.3 is 0 Å². The number of ether oxygens (including phenoxy) is 1. The van der Waals surface area contributed by atoms with E-state index in [0.717, 1.165) is 5.56 Å². The molecule has 2 rings (SSSR count). The number of hydrogen-bond acceptors (Lipinski definition) is 4. The maximum Gasteiger partial charge on any atom is 0.233 e. The molecule has 1 atom stereocenters. The van der Waals surface area contributed by atoms with Crippen LogP contribution in [0.1, 0.15) is 28.5 Å². The zero-order valence-corrected chi connectivity index (χ0v) is 11.4. The van der Waals surface area contributed by atoms with Gasteiger partial charge in [-0.25, -0.2) is 0 Å². The van der Waals surface area contributed by atoms with Crippen LogP contribution in [-0.2, 0) is 6.42 Å². The molecule has 0 radical (unpaired) electrons. The van der Waals surface area contributed by atoms with Crippen molar-refractivity contribution in [1.82, 2.24) is 10.2 Å². The van der Waals surface area contributed by atoms with Crippen molar-refractivity contribution in [2.45, 2.75) is 26.4 Å². The number of aliphatic hydroxyl groups excluding tert-OH is 1. The minimum Gasteiger partial charge on any atom is -0.480 e. The lowest BCUT2D eigenvalue weighted by Gasteiger charge is -2.11. The summed E-state index contributed by atoms with van der Waals surface area (Å²) in [5.41, 5.74) is 4.05. The number of nitrogens with zero attached hydrogens (tertiary/aromatic N) is 2. The van der Waals surface area contributed by atoms with E-state index in [9.17, 15) is 5.11 Å². The second-order valence-electron chi connectivity index (χ2n) is 4.72. The summed E-state index contributed by atoms with van der Waals surface area (Å²) in [5, 5.41) is 18.0. The van der Waals surface area contributed by atoms with E-state index in [1.807, 2.05) is 0 Å². The van der Waals surface area contributed by atoms with E-state index in [1.165, 1.54) is 18.2 Å². The van der Waals surface area contributed by atoms with Crippen LogP contribution in [0.4, 0.5) is 0 Å². The zero-order chi connectivity index (χ0) is 13.8. The molecule has 0 aliphatic heterocycles. The smallest absolute Gasteiger partial charge is 0.233 e. The second kappa shape index (κ2) is 5.80. The lowest BCUT2D eigenvalue weighted by atomic mass is 10.0. The number of rotatable bonds is 4. The Morgan fingerprint density at radius 2 is 1.79 bits per heavy atom. The van der Waals surface area contributed by atoms with Gasteiger partial charge < -0.3 is 9.84 Å². The summed E-state index contributed by atoms with van der Waals surface area (Å²) >= 11 is 0. The molecule has 1 aromatic carbocycles. The van der Waals surface area contributed by atoms with Crippen LogP contribution in [0.2, 0.25) is 0 Å². The van der Waals surface area contributed by atoms with Crippen molar-refractivity contribution in [3.05, 3.63) is 52.7 Å². The number of methoxy groups -OCH3 is 1. The molecular weight excluding hydrogens is 240 g/mol. The van der Waals surface area contributed by atoms with Crippen LogP contribution >= 0.6 is 0 Å². The predicted molar refractivity (Wildman–Crippen MR) is 73.2 cm³/mol. The summed E-state index contributed by atoms with van der Waals surface area (Å²) in [5.74, 6) is 0.447. The maximum atomic E-state index is 10.2. The molecule has 0 saturated heterocycles. The van der Waals surface area contributed by atoms with E-state index < -0.39 is 6.10 Å². The molecule has 0 aliphatic carbocycles. The van der Waals surface area contributed by atoms with Gasteiger partial charge in [-0.1, -0.05) is 29.3 Å². The predicted octanol–water partition coefficient (Wildman–Crippen LogP) is 2.38. The third-order valence-corrected chi connectivity index (χ3v) is 2.92. The average Bonchev–Trinajstić information content (AvgIpc) is 2.37. The van der Waals surface area contributed by atoms with Crippen molar-refractivity contribution < 1.29 is 9.84 Å². The Hall–Kier alpha value is -1.94. The van der Waals surface area contributed by atoms with Gasteiger partial charge in [-0.15, -0.1) is 10.2 Å². The van der Waals surface area contributed by atoms with Crippen LogP contribution in [-0.4, -0.2) is 22.4 Å². The summed E-state index contributed by atoms with van der Waals surface area (Å²) in [7, 11) is 1.54. The summed E-state index contributed by atoms with van der Waals surface area (Å²) in [4.78, 5) is 0. The third-order valence-electron chi connectivity index (χ3n) is 2.92. The van der Waals surface area contributed by atoms with Gasteiger partial charge in [-0.3, -0.25) is 0 Å². The monoisotopic (exact) mass is 258 g/mol. The molecule has 1 unspecified atom stereocenters. The molecule has 2 aromatic rings. The van der Waals surface area contributed by atoms with Crippen LogP contribution in [0, 0.1) is 13.8 Å². The van der Waals surface area contributed by atoms with E-state index in [1.54, 1.807) is 12.1 Å². The Kier molecular flexibility index (Phi) is 4.12. The molecule has 0 saturated carbocycles. The molecule has 0 fully saturated rings. The number of aryl methyl sites for hydroxylation is 2. The molecule has 0 aliphatic rings. The summed E-state index contributed by atoms with van der Waals surface area (Å²) in [6.45, 7) is 4.10. The van der Waals surface area contributed by atoms with E-state index in [2.05, 4.69) is 42.2 Å². The van der Waals surface area contributed by atoms with Crippen LogP contribution in [0.15, 0.2) is 30.3 Å². The molecule has 0 bridgehead atoms. The van der Waals surface area contributed by atoms with Gasteiger partial charge in [0.2, 0.25) is 5.88 Å². The minimum atomic E-state index is -0.653. The van der Waals surface area contributed by atoms with Crippen LogP contribution in [0.5, 0.6) is 5.88 Å². The molecule has 100 valence electrons. The Bertz CT molecular complexity index is 532. The largest absolute Gasteiger partial charge is 0.480 e. The molecule has 1 N–H and O–H groups in total. The number of aliphatic hydroxyl groups is 1. The van der Waals surface area contributed by atoms with Gasteiger partial charge in [0.1, 0.15) is 6.10 Å². The van der Waals surface area contributed by atoms with Crippen LogP contribution in [0.3, 0.4) is 0 Å². The van der Waals surface area contributed by atoms with Gasteiger partial charge in [0.05, 0.1) is 12.8 Å². The quantitative estimate of drug-likeness (QED) is 0.914. The molecule has 0 amide bonds. The minimum absolute atomic E-state index is 0.447. The molecule has 0 spiro atoms. The first-order valence-corrected chi connectivity index (χ1v) is 6.21. The summed E-state index contributed by atoms with van der Waals surface area (Å²) in [6.07, 6.45) is -0.122. The third kappa shape index (κ3) is 3.51. The summed E-state index contributed by atoms with van der Waals surface area (Å²) in [6, 6.07) is 9.70. The fourth-order valence-electron chi connectivity index (χ4n) is 2.13. The normalized spacial score (nSPS) is 12.2. The zero-order valence-electron chi connectivity index (χ0n) is 11.4.